The Bertz CT molecular complexity index is 573. The summed E-state index contributed by atoms with van der Waals surface area (Å²) < 4.78 is 0. The minimum atomic E-state index is -0.339. The number of aliphatic hydroxyl groups is 1. The van der Waals surface area contributed by atoms with Crippen molar-refractivity contribution in [2.45, 2.75) is 49.5 Å². The second kappa shape index (κ2) is 3.39. The molecular weight excluding hydrogens is 222 g/mol. The maximum atomic E-state index is 10.3. The van der Waals surface area contributed by atoms with E-state index in [4.69, 9.17) is 0 Å². The quantitative estimate of drug-likeness (QED) is 0.787. The molecule has 2 heteroatoms. The minimum Gasteiger partial charge on any atom is -0.390 e. The number of hydrogen-bond acceptors (Lipinski definition) is 1. The third-order valence-electron chi connectivity index (χ3n) is 5.37. The first kappa shape index (κ1) is 10.6. The zero-order valence-electron chi connectivity index (χ0n) is 10.6. The molecule has 0 saturated heterocycles. The first-order valence-corrected chi connectivity index (χ1v) is 7.00. The fourth-order valence-electron chi connectivity index (χ4n) is 4.08. The van der Waals surface area contributed by atoms with Crippen LogP contribution < -0.4 is 0 Å². The van der Waals surface area contributed by atoms with Gasteiger partial charge in [0.2, 0.25) is 0 Å². The Balaban J connectivity index is 1.83. The molecule has 0 amide bonds. The second-order valence-electron chi connectivity index (χ2n) is 6.25. The summed E-state index contributed by atoms with van der Waals surface area (Å²) in [5, 5.41) is 11.7. The summed E-state index contributed by atoms with van der Waals surface area (Å²) in [5.74, 6) is 0. The van der Waals surface area contributed by atoms with Gasteiger partial charge in [0, 0.05) is 17.1 Å². The van der Waals surface area contributed by atoms with Gasteiger partial charge in [-0.1, -0.05) is 18.2 Å². The van der Waals surface area contributed by atoms with Crippen molar-refractivity contribution in [2.75, 3.05) is 0 Å². The van der Waals surface area contributed by atoms with Crippen molar-refractivity contribution in [1.82, 2.24) is 4.98 Å². The van der Waals surface area contributed by atoms with Crippen LogP contribution in [0.4, 0.5) is 0 Å². The predicted molar refractivity (Wildman–Crippen MR) is 72.6 cm³/mol. The number of H-pyrrole nitrogens is 1. The molecule has 0 radical (unpaired) electrons. The van der Waals surface area contributed by atoms with Gasteiger partial charge < -0.3 is 10.1 Å². The van der Waals surface area contributed by atoms with Crippen LogP contribution in [0.1, 0.15) is 44.1 Å². The summed E-state index contributed by atoms with van der Waals surface area (Å²) in [7, 11) is 0. The van der Waals surface area contributed by atoms with E-state index >= 15 is 0 Å². The molecule has 0 unspecified atom stereocenters. The van der Waals surface area contributed by atoms with Crippen molar-refractivity contribution in [2.24, 2.45) is 0 Å². The molecule has 2 N–H and O–H groups in total. The Kier molecular flexibility index (Phi) is 2.00. The van der Waals surface area contributed by atoms with Gasteiger partial charge >= 0.3 is 0 Å². The summed E-state index contributed by atoms with van der Waals surface area (Å²) in [6.07, 6.45) is 8.58. The van der Waals surface area contributed by atoms with Gasteiger partial charge in [0.05, 0.1) is 5.60 Å². The Hall–Kier alpha value is -1.28. The molecule has 18 heavy (non-hydrogen) atoms. The molecule has 1 heterocycles. The van der Waals surface area contributed by atoms with Crippen molar-refractivity contribution < 1.29 is 5.11 Å². The lowest BCUT2D eigenvalue weighted by atomic mass is 9.56. The van der Waals surface area contributed by atoms with Crippen LogP contribution in [0.2, 0.25) is 0 Å². The van der Waals surface area contributed by atoms with Gasteiger partial charge in [-0.2, -0.15) is 0 Å². The molecule has 1 aromatic carbocycles. The van der Waals surface area contributed by atoms with Gasteiger partial charge in [-0.15, -0.1) is 0 Å². The van der Waals surface area contributed by atoms with Crippen molar-refractivity contribution in [3.8, 4) is 0 Å². The standard InChI is InChI=1S/C16H19NO/c18-16-8-5-15(6-9-16,7-10-16)13-11-17-14-4-2-1-3-12(13)14/h1-4,11,17-18H,5-10H2. The average molecular weight is 241 g/mol. The second-order valence-corrected chi connectivity index (χ2v) is 6.25. The number of nitrogens with one attached hydrogen (secondary N) is 1. The highest BCUT2D eigenvalue weighted by atomic mass is 16.3. The number of aromatic amines is 1. The fraction of sp³-hybridized carbons (Fsp3) is 0.500. The molecule has 2 bridgehead atoms. The Morgan fingerprint density at radius 1 is 0.944 bits per heavy atom. The number of hydrogen-bond donors (Lipinski definition) is 2. The molecule has 0 spiro atoms. The number of fused-ring (bicyclic) bond motifs is 4. The van der Waals surface area contributed by atoms with Crippen LogP contribution in [0.5, 0.6) is 0 Å². The summed E-state index contributed by atoms with van der Waals surface area (Å²) in [5.41, 5.74) is 2.71. The van der Waals surface area contributed by atoms with E-state index in [1.54, 1.807) is 0 Å². The lowest BCUT2D eigenvalue weighted by Gasteiger charge is -2.51. The van der Waals surface area contributed by atoms with Gasteiger partial charge in [0.25, 0.3) is 0 Å². The topological polar surface area (TPSA) is 36.0 Å². The Labute approximate surface area is 107 Å². The summed E-state index contributed by atoms with van der Waals surface area (Å²) in [4.78, 5) is 3.41. The van der Waals surface area contributed by atoms with Crippen molar-refractivity contribution in [3.63, 3.8) is 0 Å². The zero-order valence-corrected chi connectivity index (χ0v) is 10.6. The van der Waals surface area contributed by atoms with E-state index in [1.165, 1.54) is 16.5 Å². The maximum Gasteiger partial charge on any atom is 0.0648 e. The lowest BCUT2D eigenvalue weighted by molar-refractivity contribution is -0.0657. The summed E-state index contributed by atoms with van der Waals surface area (Å²) in [6, 6.07) is 8.59. The first-order chi connectivity index (χ1) is 8.71. The van der Waals surface area contributed by atoms with E-state index in [2.05, 4.69) is 35.4 Å². The minimum absolute atomic E-state index is 0.323. The Morgan fingerprint density at radius 3 is 2.33 bits per heavy atom. The molecule has 94 valence electrons. The number of rotatable bonds is 1. The van der Waals surface area contributed by atoms with Gasteiger partial charge in [-0.05, 0) is 55.6 Å². The van der Waals surface area contributed by atoms with Crippen LogP contribution in [-0.2, 0) is 5.41 Å². The molecule has 3 aliphatic rings. The summed E-state index contributed by atoms with van der Waals surface area (Å²) >= 11 is 0. The Morgan fingerprint density at radius 2 is 1.61 bits per heavy atom. The maximum absolute atomic E-state index is 10.3. The lowest BCUT2D eigenvalue weighted by Crippen LogP contribution is -2.48. The van der Waals surface area contributed by atoms with E-state index in [0.29, 0.717) is 5.41 Å². The smallest absolute Gasteiger partial charge is 0.0648 e. The van der Waals surface area contributed by atoms with E-state index in [1.807, 2.05) is 0 Å². The number of benzene rings is 1. The summed E-state index contributed by atoms with van der Waals surface area (Å²) in [6.45, 7) is 0. The fourth-order valence-corrected chi connectivity index (χ4v) is 4.08. The normalized spacial score (nSPS) is 35.2. The molecule has 3 fully saturated rings. The van der Waals surface area contributed by atoms with Crippen LogP contribution in [0.15, 0.2) is 30.5 Å². The van der Waals surface area contributed by atoms with Gasteiger partial charge in [0.1, 0.15) is 0 Å². The molecule has 2 aromatic rings. The number of aromatic nitrogens is 1. The highest BCUT2D eigenvalue weighted by Gasteiger charge is 2.49. The van der Waals surface area contributed by atoms with E-state index in [9.17, 15) is 5.11 Å². The van der Waals surface area contributed by atoms with Crippen LogP contribution in [0.3, 0.4) is 0 Å². The monoisotopic (exact) mass is 241 g/mol. The van der Waals surface area contributed by atoms with Crippen LogP contribution in [0, 0.1) is 0 Å². The molecule has 5 rings (SSSR count). The van der Waals surface area contributed by atoms with Gasteiger partial charge in [-0.25, -0.2) is 0 Å². The first-order valence-electron chi connectivity index (χ1n) is 7.00. The SMILES string of the molecule is OC12CCC(c3c[nH]c4ccccc34)(CC1)CC2. The molecular formula is C16H19NO. The van der Waals surface area contributed by atoms with E-state index in [-0.39, 0.29) is 5.60 Å². The van der Waals surface area contributed by atoms with Crippen molar-refractivity contribution >= 4 is 10.9 Å². The van der Waals surface area contributed by atoms with Gasteiger partial charge in [-0.3, -0.25) is 0 Å². The molecule has 3 saturated carbocycles. The number of para-hydroxylation sites is 1. The van der Waals surface area contributed by atoms with E-state index < -0.39 is 0 Å². The van der Waals surface area contributed by atoms with Crippen LogP contribution in [0.25, 0.3) is 10.9 Å². The third kappa shape index (κ3) is 1.33. The predicted octanol–water partition coefficient (Wildman–Crippen LogP) is 3.50. The third-order valence-corrected chi connectivity index (χ3v) is 5.37. The largest absolute Gasteiger partial charge is 0.390 e. The van der Waals surface area contributed by atoms with Crippen LogP contribution in [-0.4, -0.2) is 15.7 Å². The molecule has 3 aliphatic carbocycles. The van der Waals surface area contributed by atoms with Crippen LogP contribution >= 0.6 is 0 Å². The molecule has 2 nitrogen and oxygen atoms in total. The molecule has 0 atom stereocenters. The van der Waals surface area contributed by atoms with E-state index in [0.717, 1.165) is 38.5 Å². The molecule has 0 aliphatic heterocycles. The van der Waals surface area contributed by atoms with Crippen molar-refractivity contribution in [1.29, 1.82) is 0 Å². The zero-order chi connectivity index (χ0) is 12.2. The van der Waals surface area contributed by atoms with Gasteiger partial charge in [0.15, 0.2) is 0 Å². The highest BCUT2D eigenvalue weighted by molar-refractivity contribution is 5.84. The average Bonchev–Trinajstić information content (AvgIpc) is 2.85. The highest BCUT2D eigenvalue weighted by Crippen LogP contribution is 2.54. The molecule has 1 aromatic heterocycles. The van der Waals surface area contributed by atoms with Crippen molar-refractivity contribution in [3.05, 3.63) is 36.0 Å².